The van der Waals surface area contributed by atoms with E-state index in [-0.39, 0.29) is 47.4 Å². The maximum absolute atomic E-state index is 14.2. The molecule has 3 aliphatic rings. The highest BCUT2D eigenvalue weighted by atomic mass is 79.9. The summed E-state index contributed by atoms with van der Waals surface area (Å²) in [6.45, 7) is 4.57. The second-order valence-corrected chi connectivity index (χ2v) is 13.8. The Morgan fingerprint density at radius 2 is 1.58 bits per heavy atom. The van der Waals surface area contributed by atoms with Gasteiger partial charge in [-0.1, -0.05) is 87.7 Å². The molecule has 9 heteroatoms. The Labute approximate surface area is 278 Å². The highest BCUT2D eigenvalue weighted by molar-refractivity contribution is 9.10. The number of nitrogens with one attached hydrogen (secondary N) is 1. The molecular weight excluding hydrogens is 669 g/mol. The van der Waals surface area contributed by atoms with Crippen molar-refractivity contribution >= 4 is 63.2 Å². The van der Waals surface area contributed by atoms with Gasteiger partial charge in [-0.25, -0.2) is 0 Å². The van der Waals surface area contributed by atoms with Crippen LogP contribution in [-0.4, -0.2) is 60.3 Å². The molecule has 3 aliphatic heterocycles. The topological polar surface area (TPSA) is 52.7 Å². The molecule has 1 spiro atoms. The van der Waals surface area contributed by atoms with E-state index in [1.807, 2.05) is 35.2 Å². The van der Waals surface area contributed by atoms with E-state index in [0.29, 0.717) is 23.0 Å². The van der Waals surface area contributed by atoms with Crippen LogP contribution in [0.3, 0.4) is 0 Å². The molecule has 3 atom stereocenters. The van der Waals surface area contributed by atoms with Crippen molar-refractivity contribution in [2.45, 2.75) is 44.2 Å². The molecule has 3 fully saturated rings. The molecule has 1 unspecified atom stereocenters. The van der Waals surface area contributed by atoms with E-state index in [0.717, 1.165) is 67.6 Å². The second kappa shape index (κ2) is 14.0. The Bertz CT molecular complexity index is 1430. The number of piperidine rings is 1. The molecule has 3 aromatic rings. The number of halogens is 4. The molecule has 0 aromatic heterocycles. The molecule has 3 saturated heterocycles. The fraction of sp³-hybridized carbons (Fsp3) is 0.412. The number of likely N-dealkylation sites (tertiary alicyclic amines) is 2. The lowest BCUT2D eigenvalue weighted by Crippen LogP contribution is -2.54. The fourth-order valence-electron chi connectivity index (χ4n) is 7.31. The van der Waals surface area contributed by atoms with Crippen LogP contribution in [0, 0.1) is 11.3 Å². The van der Waals surface area contributed by atoms with Crippen LogP contribution in [0.25, 0.3) is 0 Å². The average Bonchev–Trinajstić information content (AvgIpc) is 3.59. The van der Waals surface area contributed by atoms with Crippen molar-refractivity contribution in [1.82, 2.24) is 15.1 Å². The summed E-state index contributed by atoms with van der Waals surface area (Å²) in [4.78, 5) is 32.4. The van der Waals surface area contributed by atoms with E-state index in [9.17, 15) is 9.59 Å². The summed E-state index contributed by atoms with van der Waals surface area (Å²) in [5, 5.41) is 4.54. The van der Waals surface area contributed by atoms with E-state index in [2.05, 4.69) is 62.5 Å². The number of hydrogen-bond acceptors (Lipinski definition) is 4. The molecule has 228 valence electrons. The Kier molecular flexibility index (Phi) is 10.6. The van der Waals surface area contributed by atoms with Gasteiger partial charge in [0.2, 0.25) is 5.91 Å². The van der Waals surface area contributed by atoms with Crippen LogP contribution in [0.15, 0.2) is 77.3 Å². The first kappa shape index (κ1) is 32.5. The molecule has 0 radical (unpaired) electrons. The summed E-state index contributed by atoms with van der Waals surface area (Å²) in [6, 6.07) is 24.0. The molecule has 0 bridgehead atoms. The third-order valence-corrected chi connectivity index (χ3v) is 10.9. The van der Waals surface area contributed by atoms with Crippen molar-refractivity contribution in [2.75, 3.05) is 32.7 Å². The third kappa shape index (κ3) is 7.00. The molecule has 0 aliphatic carbocycles. The zero-order valence-electron chi connectivity index (χ0n) is 24.0. The van der Waals surface area contributed by atoms with Gasteiger partial charge in [-0.2, -0.15) is 0 Å². The summed E-state index contributed by atoms with van der Waals surface area (Å²) in [5.74, 6) is 0.867. The predicted octanol–water partition coefficient (Wildman–Crippen LogP) is 7.18. The van der Waals surface area contributed by atoms with Crippen LogP contribution in [0.4, 0.5) is 0 Å². The quantitative estimate of drug-likeness (QED) is 0.270. The zero-order valence-corrected chi connectivity index (χ0v) is 27.9. The van der Waals surface area contributed by atoms with Crippen LogP contribution in [0.5, 0.6) is 0 Å². The smallest absolute Gasteiger partial charge is 0.229 e. The SMILES string of the molecule is Cl.O=C(Cc1ccc(Cl)c(Cl)c1)C([C@@H]1CNC[C@@H]1c1ccccc1)N1CCC2(CCN(Cc3ccc(Br)cc3)C2=O)CC1. The van der Waals surface area contributed by atoms with E-state index in [4.69, 9.17) is 23.2 Å². The van der Waals surface area contributed by atoms with Gasteiger partial charge < -0.3 is 10.2 Å². The molecule has 43 heavy (non-hydrogen) atoms. The number of Topliss-reactive ketones (excluding diaryl/α,β-unsaturated/α-hetero) is 1. The second-order valence-electron chi connectivity index (χ2n) is 12.1. The normalized spacial score (nSPS) is 22.5. The van der Waals surface area contributed by atoms with Crippen LogP contribution in [-0.2, 0) is 22.6 Å². The lowest BCUT2D eigenvalue weighted by Gasteiger charge is -2.43. The number of rotatable bonds is 8. The summed E-state index contributed by atoms with van der Waals surface area (Å²) in [5.41, 5.74) is 2.97. The third-order valence-electron chi connectivity index (χ3n) is 9.62. The molecule has 5 nitrogen and oxygen atoms in total. The number of hydrogen-bond donors (Lipinski definition) is 1. The molecule has 0 saturated carbocycles. The molecule has 3 heterocycles. The van der Waals surface area contributed by atoms with Gasteiger partial charge in [0.25, 0.3) is 0 Å². The predicted molar refractivity (Wildman–Crippen MR) is 179 cm³/mol. The minimum atomic E-state index is -0.323. The largest absolute Gasteiger partial charge is 0.338 e. The minimum Gasteiger partial charge on any atom is -0.338 e. The van der Waals surface area contributed by atoms with Crippen molar-refractivity contribution in [3.63, 3.8) is 0 Å². The van der Waals surface area contributed by atoms with Crippen LogP contribution in [0.1, 0.15) is 41.9 Å². The van der Waals surface area contributed by atoms with Crippen molar-refractivity contribution < 1.29 is 9.59 Å². The highest BCUT2D eigenvalue weighted by Crippen LogP contribution is 2.44. The van der Waals surface area contributed by atoms with Gasteiger partial charge in [0.05, 0.1) is 21.5 Å². The van der Waals surface area contributed by atoms with Crippen LogP contribution < -0.4 is 5.32 Å². The lowest BCUT2D eigenvalue weighted by atomic mass is 9.74. The van der Waals surface area contributed by atoms with Gasteiger partial charge in [0, 0.05) is 48.9 Å². The monoisotopic (exact) mass is 703 g/mol. The first-order chi connectivity index (χ1) is 20.3. The van der Waals surface area contributed by atoms with E-state index >= 15 is 0 Å². The Morgan fingerprint density at radius 1 is 0.907 bits per heavy atom. The molecule has 6 rings (SSSR count). The number of ketones is 1. The van der Waals surface area contributed by atoms with Crippen molar-refractivity contribution in [2.24, 2.45) is 11.3 Å². The van der Waals surface area contributed by atoms with Gasteiger partial charge in [-0.15, -0.1) is 12.4 Å². The number of amides is 1. The van der Waals surface area contributed by atoms with Crippen LogP contribution in [0.2, 0.25) is 10.0 Å². The molecular formula is C34H37BrCl3N3O2. The number of benzene rings is 3. The molecule has 1 amide bonds. The minimum absolute atomic E-state index is 0. The van der Waals surface area contributed by atoms with E-state index in [1.54, 1.807) is 6.07 Å². The number of carbonyl (C=O) groups excluding carboxylic acids is 2. The summed E-state index contributed by atoms with van der Waals surface area (Å²) >= 11 is 16.0. The summed E-state index contributed by atoms with van der Waals surface area (Å²) < 4.78 is 1.04. The standard InChI is InChI=1S/C34H36BrCl2N3O2.ClH/c35-26-9-6-23(7-10-26)22-40-17-14-34(33(40)42)12-15-39(16-13-34)32(31(41)19-24-8-11-29(36)30(37)18-24)28-21-38-20-27(28)25-4-2-1-3-5-25;/h1-11,18,27-28,32,38H,12-17,19-22H2;1H/t27-,28-,32?;/m1./s1. The maximum Gasteiger partial charge on any atom is 0.229 e. The molecule has 1 N–H and O–H groups in total. The van der Waals surface area contributed by atoms with Crippen LogP contribution >= 0.6 is 51.5 Å². The Balaban J connectivity index is 0.00000368. The number of nitrogens with zero attached hydrogens (tertiary/aromatic N) is 2. The first-order valence-corrected chi connectivity index (χ1v) is 16.4. The fourth-order valence-corrected chi connectivity index (χ4v) is 7.90. The van der Waals surface area contributed by atoms with Gasteiger partial charge in [0.1, 0.15) is 0 Å². The Morgan fingerprint density at radius 3 is 2.28 bits per heavy atom. The molecule has 3 aromatic carbocycles. The Hall–Kier alpha value is -1.93. The lowest BCUT2D eigenvalue weighted by molar-refractivity contribution is -0.140. The van der Waals surface area contributed by atoms with Crippen molar-refractivity contribution in [1.29, 1.82) is 0 Å². The van der Waals surface area contributed by atoms with E-state index in [1.165, 1.54) is 5.56 Å². The summed E-state index contributed by atoms with van der Waals surface area (Å²) in [7, 11) is 0. The van der Waals surface area contributed by atoms with E-state index < -0.39 is 0 Å². The van der Waals surface area contributed by atoms with Gasteiger partial charge in [0.15, 0.2) is 5.78 Å². The summed E-state index contributed by atoms with van der Waals surface area (Å²) in [6.07, 6.45) is 2.77. The van der Waals surface area contributed by atoms with Crippen molar-refractivity contribution in [3.8, 4) is 0 Å². The average molecular weight is 706 g/mol. The number of carbonyl (C=O) groups is 2. The van der Waals surface area contributed by atoms with Crippen molar-refractivity contribution in [3.05, 3.63) is 104 Å². The highest BCUT2D eigenvalue weighted by Gasteiger charge is 2.50. The van der Waals surface area contributed by atoms with Gasteiger partial charge in [-0.3, -0.25) is 14.5 Å². The maximum atomic E-state index is 14.2. The zero-order chi connectivity index (χ0) is 29.3. The first-order valence-electron chi connectivity index (χ1n) is 14.8. The van der Waals surface area contributed by atoms with Gasteiger partial charge >= 0.3 is 0 Å². The van der Waals surface area contributed by atoms with Gasteiger partial charge in [-0.05, 0) is 73.3 Å².